The number of carbonyl (C=O) groups excluding carboxylic acids is 1. The summed E-state index contributed by atoms with van der Waals surface area (Å²) in [5, 5.41) is 12.4. The fourth-order valence-electron chi connectivity index (χ4n) is 4.39. The van der Waals surface area contributed by atoms with Crippen LogP contribution in [0.3, 0.4) is 0 Å². The van der Waals surface area contributed by atoms with Crippen LogP contribution in [0.2, 0.25) is 0 Å². The van der Waals surface area contributed by atoms with Crippen LogP contribution in [0.4, 0.5) is 5.69 Å². The average Bonchev–Trinajstić information content (AvgIpc) is 2.80. The maximum atomic E-state index is 11.2. The van der Waals surface area contributed by atoms with Crippen LogP contribution in [0.1, 0.15) is 74.6 Å². The molecule has 2 aliphatic rings. The second-order valence-corrected chi connectivity index (χ2v) is 9.14. The number of carboxylic acids is 1. The average molecular weight is 471 g/mol. The number of ketones is 1. The largest absolute Gasteiger partial charge is 0.475 e. The second-order valence-electron chi connectivity index (χ2n) is 8.38. The molecule has 1 aromatic carbocycles. The van der Waals surface area contributed by atoms with Gasteiger partial charge in [-0.15, -0.1) is 23.2 Å². The molecule has 174 valence electrons. The third kappa shape index (κ3) is 9.38. The normalized spacial score (nSPS) is 17.5. The summed E-state index contributed by atoms with van der Waals surface area (Å²) in [7, 11) is 0. The van der Waals surface area contributed by atoms with Gasteiger partial charge in [-0.3, -0.25) is 4.79 Å². The second kappa shape index (κ2) is 14.7. The van der Waals surface area contributed by atoms with E-state index in [-0.39, 0.29) is 5.56 Å². The predicted molar refractivity (Wildman–Crippen MR) is 129 cm³/mol. The number of carboxylic acid groups (broad SMARTS) is 1. The number of benzene rings is 1. The molecule has 0 spiro atoms. The summed E-state index contributed by atoms with van der Waals surface area (Å²) in [6, 6.07) is 8.10. The van der Waals surface area contributed by atoms with Crippen molar-refractivity contribution < 1.29 is 14.7 Å². The van der Waals surface area contributed by atoms with Gasteiger partial charge in [-0.1, -0.05) is 38.5 Å². The van der Waals surface area contributed by atoms with Gasteiger partial charge in [-0.25, -0.2) is 4.79 Å². The minimum absolute atomic E-state index is 0.156. The minimum Gasteiger partial charge on any atom is -0.475 e. The number of Topliss-reactive ketones (excluding diaryl/α,β-unsaturated/α-hetero) is 1. The number of aliphatic carboxylic acids is 1. The molecule has 2 N–H and O–H groups in total. The third-order valence-electron chi connectivity index (χ3n) is 6.08. The van der Waals surface area contributed by atoms with Crippen molar-refractivity contribution in [2.75, 3.05) is 29.7 Å². The van der Waals surface area contributed by atoms with Crippen molar-refractivity contribution in [3.05, 3.63) is 29.8 Å². The van der Waals surface area contributed by atoms with Gasteiger partial charge in [-0.2, -0.15) is 0 Å². The number of nitrogens with one attached hydrogen (secondary N) is 1. The number of nitrogens with zero attached hydrogens (tertiary/aromatic N) is 1. The van der Waals surface area contributed by atoms with E-state index in [2.05, 4.69) is 5.32 Å². The monoisotopic (exact) mass is 470 g/mol. The van der Waals surface area contributed by atoms with E-state index in [1.165, 1.54) is 76.3 Å². The molecule has 2 saturated carbocycles. The van der Waals surface area contributed by atoms with Crippen molar-refractivity contribution in [2.45, 2.75) is 76.3 Å². The molecule has 5 nitrogen and oxygen atoms in total. The van der Waals surface area contributed by atoms with Gasteiger partial charge < -0.3 is 15.3 Å². The lowest BCUT2D eigenvalue weighted by Gasteiger charge is -2.30. The van der Waals surface area contributed by atoms with E-state index in [0.717, 1.165) is 17.8 Å². The number of halogens is 2. The molecule has 0 amide bonds. The molecule has 0 aliphatic heterocycles. The topological polar surface area (TPSA) is 69.6 Å². The van der Waals surface area contributed by atoms with Crippen molar-refractivity contribution in [2.24, 2.45) is 0 Å². The van der Waals surface area contributed by atoms with Crippen molar-refractivity contribution in [3.8, 4) is 0 Å². The van der Waals surface area contributed by atoms with E-state index in [0.29, 0.717) is 24.8 Å². The molecule has 0 atom stereocenters. The molecule has 0 heterocycles. The highest BCUT2D eigenvalue weighted by Gasteiger charge is 2.19. The van der Waals surface area contributed by atoms with E-state index in [1.54, 1.807) is 12.1 Å². The van der Waals surface area contributed by atoms with Gasteiger partial charge >= 0.3 is 5.97 Å². The first-order valence-corrected chi connectivity index (χ1v) is 12.6. The van der Waals surface area contributed by atoms with Crippen LogP contribution in [0, 0.1) is 0 Å². The SMILES string of the molecule is C1CCC(NC2CCCCC2)CC1.O=C(O)C(=O)c1ccc(N(CCCl)CCCl)cc1. The molecule has 3 rings (SSSR count). The van der Waals surface area contributed by atoms with E-state index < -0.39 is 11.8 Å². The molecule has 0 radical (unpaired) electrons. The summed E-state index contributed by atoms with van der Waals surface area (Å²) in [6.45, 7) is 1.28. The summed E-state index contributed by atoms with van der Waals surface area (Å²) in [4.78, 5) is 23.7. The molecule has 0 bridgehead atoms. The maximum absolute atomic E-state index is 11.2. The molecule has 31 heavy (non-hydrogen) atoms. The highest BCUT2D eigenvalue weighted by Crippen LogP contribution is 2.22. The summed E-state index contributed by atoms with van der Waals surface area (Å²) >= 11 is 11.4. The Balaban J connectivity index is 0.000000231. The molecular weight excluding hydrogens is 435 g/mol. The highest BCUT2D eigenvalue weighted by molar-refractivity contribution is 6.39. The Bertz CT molecular complexity index is 635. The molecule has 2 aliphatic carbocycles. The van der Waals surface area contributed by atoms with E-state index in [9.17, 15) is 9.59 Å². The number of carbonyl (C=O) groups is 2. The van der Waals surface area contributed by atoms with Crippen LogP contribution in [0.15, 0.2) is 24.3 Å². The molecule has 2 fully saturated rings. The summed E-state index contributed by atoms with van der Waals surface area (Å²) in [5.41, 5.74) is 1.01. The molecule has 0 saturated heterocycles. The Labute approximate surface area is 196 Å². The minimum atomic E-state index is -1.46. The van der Waals surface area contributed by atoms with Gasteiger partial charge in [0.25, 0.3) is 5.78 Å². The molecule has 7 heteroatoms. The first-order valence-electron chi connectivity index (χ1n) is 11.6. The Kier molecular flexibility index (Phi) is 12.3. The lowest BCUT2D eigenvalue weighted by molar-refractivity contribution is -0.131. The van der Waals surface area contributed by atoms with Gasteiger partial charge in [0.05, 0.1) is 0 Å². The van der Waals surface area contributed by atoms with Gasteiger partial charge in [0, 0.05) is 48.2 Å². The summed E-state index contributed by atoms with van der Waals surface area (Å²) in [5.74, 6) is -1.44. The van der Waals surface area contributed by atoms with Crippen molar-refractivity contribution >= 4 is 40.6 Å². The van der Waals surface area contributed by atoms with Crippen LogP contribution >= 0.6 is 23.2 Å². The van der Waals surface area contributed by atoms with E-state index >= 15 is 0 Å². The zero-order valence-corrected chi connectivity index (χ0v) is 19.8. The lowest BCUT2D eigenvalue weighted by Crippen LogP contribution is -2.40. The fraction of sp³-hybridized carbons (Fsp3) is 0.667. The number of anilines is 1. The van der Waals surface area contributed by atoms with Crippen LogP contribution in [-0.2, 0) is 4.79 Å². The predicted octanol–water partition coefficient (Wildman–Crippen LogP) is 5.48. The molecule has 0 aromatic heterocycles. The van der Waals surface area contributed by atoms with Gasteiger partial charge in [-0.05, 0) is 49.9 Å². The fourth-order valence-corrected chi connectivity index (χ4v) is 4.80. The van der Waals surface area contributed by atoms with E-state index in [4.69, 9.17) is 28.3 Å². The summed E-state index contributed by atoms with van der Waals surface area (Å²) in [6.07, 6.45) is 14.6. The highest BCUT2D eigenvalue weighted by atomic mass is 35.5. The maximum Gasteiger partial charge on any atom is 0.377 e. The smallest absolute Gasteiger partial charge is 0.377 e. The van der Waals surface area contributed by atoms with Gasteiger partial charge in [0.15, 0.2) is 0 Å². The number of hydrogen-bond donors (Lipinski definition) is 2. The molecular formula is C24H36Cl2N2O3. The van der Waals surface area contributed by atoms with Crippen LogP contribution in [0.5, 0.6) is 0 Å². The van der Waals surface area contributed by atoms with Crippen LogP contribution in [-0.4, -0.2) is 53.8 Å². The first-order chi connectivity index (χ1) is 15.0. The standard InChI is InChI=1S/C12H13Cl2NO3.C12H23N/c13-5-7-15(8-6-14)10-3-1-9(2-4-10)11(16)12(17)18;1-3-7-11(8-4-1)13-12-9-5-2-6-10-12/h1-4H,5-8H2,(H,17,18);11-13H,1-10H2. The number of hydrogen-bond acceptors (Lipinski definition) is 4. The molecule has 1 aromatic rings. The Morgan fingerprint density at radius 2 is 1.29 bits per heavy atom. The first kappa shape index (κ1) is 26.0. The zero-order chi connectivity index (χ0) is 22.5. The van der Waals surface area contributed by atoms with Crippen LogP contribution in [0.25, 0.3) is 0 Å². The third-order valence-corrected chi connectivity index (χ3v) is 6.42. The van der Waals surface area contributed by atoms with E-state index in [1.807, 2.05) is 4.90 Å². The van der Waals surface area contributed by atoms with Crippen molar-refractivity contribution in [1.82, 2.24) is 5.32 Å². The number of rotatable bonds is 9. The van der Waals surface area contributed by atoms with Gasteiger partial charge in [0.2, 0.25) is 0 Å². The molecule has 0 unspecified atom stereocenters. The Morgan fingerprint density at radius 3 is 1.68 bits per heavy atom. The lowest BCUT2D eigenvalue weighted by atomic mass is 9.91. The summed E-state index contributed by atoms with van der Waals surface area (Å²) < 4.78 is 0. The quantitative estimate of drug-likeness (QED) is 0.284. The Hall–Kier alpha value is -1.30. The van der Waals surface area contributed by atoms with Crippen molar-refractivity contribution in [3.63, 3.8) is 0 Å². The number of alkyl halides is 2. The zero-order valence-electron chi connectivity index (χ0n) is 18.3. The van der Waals surface area contributed by atoms with Crippen LogP contribution < -0.4 is 10.2 Å². The Morgan fingerprint density at radius 1 is 0.839 bits per heavy atom. The van der Waals surface area contributed by atoms with Crippen molar-refractivity contribution in [1.29, 1.82) is 0 Å². The van der Waals surface area contributed by atoms with Gasteiger partial charge in [0.1, 0.15) is 0 Å².